The van der Waals surface area contributed by atoms with E-state index in [1.807, 2.05) is 13.8 Å². The Kier molecular flexibility index (Phi) is 6.65. The Morgan fingerprint density at radius 3 is 2.57 bits per heavy atom. The maximum atomic E-state index is 11.4. The van der Waals surface area contributed by atoms with Gasteiger partial charge in [-0.2, -0.15) is 10.2 Å². The Hall–Kier alpha value is -3.86. The van der Waals surface area contributed by atoms with Crippen LogP contribution in [0.1, 0.15) is 26.3 Å². The largest absolute Gasteiger partial charge is 0.490 e. The molecule has 0 fully saturated rings. The Morgan fingerprint density at radius 1 is 1.17 bits per heavy atom. The third kappa shape index (κ3) is 5.14. The van der Waals surface area contributed by atoms with E-state index >= 15 is 0 Å². The molecule has 0 spiro atoms. The number of nitrogens with zero attached hydrogens (tertiary/aromatic N) is 3. The molecule has 0 aliphatic heterocycles. The van der Waals surface area contributed by atoms with E-state index in [1.165, 1.54) is 0 Å². The zero-order valence-corrected chi connectivity index (χ0v) is 16.9. The van der Waals surface area contributed by atoms with Gasteiger partial charge in [-0.25, -0.2) is 4.79 Å². The maximum Gasteiger partial charge on any atom is 0.344 e. The summed E-state index contributed by atoms with van der Waals surface area (Å²) in [6.07, 6.45) is -0.0396. The summed E-state index contributed by atoms with van der Waals surface area (Å²) in [6.45, 7) is 5.68. The molecule has 3 aromatic rings. The lowest BCUT2D eigenvalue weighted by Gasteiger charge is -2.11. The Bertz CT molecular complexity index is 1050. The van der Waals surface area contributed by atoms with E-state index < -0.39 is 5.97 Å². The number of ether oxygens (including phenoxy) is 3. The molecule has 0 bridgehead atoms. The van der Waals surface area contributed by atoms with E-state index in [9.17, 15) is 10.1 Å². The lowest BCUT2D eigenvalue weighted by atomic mass is 10.1. The molecule has 0 radical (unpaired) electrons. The predicted octanol–water partition coefficient (Wildman–Crippen LogP) is 4.00. The first-order valence-electron chi connectivity index (χ1n) is 9.44. The molecule has 3 rings (SSSR count). The minimum Gasteiger partial charge on any atom is -0.490 e. The standard InChI is InChI=1S/C22H21N3O5/c1-4-27-20(26)13-28-18-8-5-15(6-9-18)21-24-22(30-25-21)16-7-10-19(29-14(2)3)17(11-16)12-23/h5-11,14H,4,13H2,1-3H3. The number of carbonyl (C=O) groups is 1. The number of hydrogen-bond acceptors (Lipinski definition) is 8. The highest BCUT2D eigenvalue weighted by atomic mass is 16.6. The molecule has 0 saturated heterocycles. The van der Waals surface area contributed by atoms with Crippen molar-refractivity contribution < 1.29 is 23.5 Å². The van der Waals surface area contributed by atoms with Crippen LogP contribution in [-0.4, -0.2) is 35.4 Å². The summed E-state index contributed by atoms with van der Waals surface area (Å²) >= 11 is 0. The van der Waals surface area contributed by atoms with Gasteiger partial charge in [0.15, 0.2) is 6.61 Å². The van der Waals surface area contributed by atoms with Gasteiger partial charge in [0.1, 0.15) is 17.6 Å². The summed E-state index contributed by atoms with van der Waals surface area (Å²) in [5, 5.41) is 13.4. The first kappa shape index (κ1) is 20.9. The maximum absolute atomic E-state index is 11.4. The fraction of sp³-hybridized carbons (Fsp3) is 0.273. The molecule has 1 heterocycles. The molecule has 0 saturated carbocycles. The van der Waals surface area contributed by atoms with Crippen LogP contribution in [0.5, 0.6) is 11.5 Å². The van der Waals surface area contributed by atoms with Crippen molar-refractivity contribution >= 4 is 5.97 Å². The van der Waals surface area contributed by atoms with Gasteiger partial charge in [0.25, 0.3) is 5.89 Å². The molecule has 0 aliphatic rings. The fourth-order valence-corrected chi connectivity index (χ4v) is 2.61. The zero-order chi connectivity index (χ0) is 21.5. The molecule has 2 aromatic carbocycles. The summed E-state index contributed by atoms with van der Waals surface area (Å²) in [5.74, 6) is 1.29. The smallest absolute Gasteiger partial charge is 0.344 e. The van der Waals surface area contributed by atoms with Crippen molar-refractivity contribution in [3.05, 3.63) is 48.0 Å². The van der Waals surface area contributed by atoms with E-state index in [1.54, 1.807) is 49.4 Å². The van der Waals surface area contributed by atoms with Crippen LogP contribution in [0.4, 0.5) is 0 Å². The van der Waals surface area contributed by atoms with Crippen LogP contribution in [-0.2, 0) is 9.53 Å². The van der Waals surface area contributed by atoms with Gasteiger partial charge in [0.05, 0.1) is 18.3 Å². The first-order chi connectivity index (χ1) is 14.5. The second kappa shape index (κ2) is 9.56. The molecule has 0 N–H and O–H groups in total. The number of rotatable bonds is 8. The first-order valence-corrected chi connectivity index (χ1v) is 9.44. The molecule has 30 heavy (non-hydrogen) atoms. The predicted molar refractivity (Wildman–Crippen MR) is 108 cm³/mol. The topological polar surface area (TPSA) is 107 Å². The van der Waals surface area contributed by atoms with Crippen molar-refractivity contribution in [2.45, 2.75) is 26.9 Å². The van der Waals surface area contributed by atoms with Crippen molar-refractivity contribution in [3.63, 3.8) is 0 Å². The van der Waals surface area contributed by atoms with Crippen molar-refractivity contribution in [2.75, 3.05) is 13.2 Å². The quantitative estimate of drug-likeness (QED) is 0.516. The number of nitriles is 1. The molecule has 8 heteroatoms. The van der Waals surface area contributed by atoms with Crippen LogP contribution in [0.25, 0.3) is 22.8 Å². The lowest BCUT2D eigenvalue weighted by molar-refractivity contribution is -0.145. The van der Waals surface area contributed by atoms with Gasteiger partial charge in [-0.3, -0.25) is 0 Å². The van der Waals surface area contributed by atoms with Crippen LogP contribution >= 0.6 is 0 Å². The van der Waals surface area contributed by atoms with Gasteiger partial charge >= 0.3 is 5.97 Å². The van der Waals surface area contributed by atoms with Crippen LogP contribution in [0, 0.1) is 11.3 Å². The van der Waals surface area contributed by atoms with Crippen molar-refractivity contribution in [1.29, 1.82) is 5.26 Å². The zero-order valence-electron chi connectivity index (χ0n) is 16.9. The Balaban J connectivity index is 1.73. The van der Waals surface area contributed by atoms with Gasteiger partial charge in [0, 0.05) is 11.1 Å². The summed E-state index contributed by atoms with van der Waals surface area (Å²) in [7, 11) is 0. The average Bonchev–Trinajstić information content (AvgIpc) is 3.23. The number of hydrogen-bond donors (Lipinski definition) is 0. The Labute approximate surface area is 174 Å². The molecule has 8 nitrogen and oxygen atoms in total. The van der Waals surface area contributed by atoms with Crippen LogP contribution in [0.3, 0.4) is 0 Å². The summed E-state index contributed by atoms with van der Waals surface area (Å²) < 4.78 is 21.2. The highest BCUT2D eigenvalue weighted by Crippen LogP contribution is 2.28. The molecule has 1 aromatic heterocycles. The average molecular weight is 407 g/mol. The fourth-order valence-electron chi connectivity index (χ4n) is 2.61. The van der Waals surface area contributed by atoms with E-state index in [-0.39, 0.29) is 12.7 Å². The normalized spacial score (nSPS) is 10.5. The van der Waals surface area contributed by atoms with Crippen molar-refractivity contribution in [3.8, 4) is 40.4 Å². The minimum atomic E-state index is -0.425. The van der Waals surface area contributed by atoms with Gasteiger partial charge < -0.3 is 18.7 Å². The van der Waals surface area contributed by atoms with Gasteiger partial charge in [0.2, 0.25) is 5.82 Å². The number of esters is 1. The Morgan fingerprint density at radius 2 is 1.90 bits per heavy atom. The molecule has 0 atom stereocenters. The number of carbonyl (C=O) groups excluding carboxylic acids is 1. The van der Waals surface area contributed by atoms with Crippen molar-refractivity contribution in [2.24, 2.45) is 0 Å². The van der Waals surface area contributed by atoms with Crippen LogP contribution in [0.15, 0.2) is 47.0 Å². The SMILES string of the molecule is CCOC(=O)COc1ccc(-c2noc(-c3ccc(OC(C)C)c(C#N)c3)n2)cc1. The van der Waals surface area contributed by atoms with E-state index in [0.717, 1.165) is 0 Å². The van der Waals surface area contributed by atoms with Gasteiger partial charge in [-0.1, -0.05) is 5.16 Å². The second-order valence-corrected chi connectivity index (χ2v) is 6.53. The number of benzene rings is 2. The molecule has 0 unspecified atom stereocenters. The highest BCUT2D eigenvalue weighted by Gasteiger charge is 2.14. The van der Waals surface area contributed by atoms with Crippen molar-refractivity contribution in [1.82, 2.24) is 10.1 Å². The lowest BCUT2D eigenvalue weighted by Crippen LogP contribution is -2.14. The second-order valence-electron chi connectivity index (χ2n) is 6.53. The molecular formula is C22H21N3O5. The highest BCUT2D eigenvalue weighted by molar-refractivity contribution is 5.71. The third-order valence-electron chi connectivity index (χ3n) is 3.91. The van der Waals surface area contributed by atoms with Crippen LogP contribution < -0.4 is 9.47 Å². The number of aromatic nitrogens is 2. The molecule has 0 aliphatic carbocycles. The summed E-state index contributed by atoms with van der Waals surface area (Å²) in [6, 6.07) is 14.2. The molecular weight excluding hydrogens is 386 g/mol. The monoisotopic (exact) mass is 407 g/mol. The summed E-state index contributed by atoms with van der Waals surface area (Å²) in [5.41, 5.74) is 1.73. The minimum absolute atomic E-state index is 0.0396. The summed E-state index contributed by atoms with van der Waals surface area (Å²) in [4.78, 5) is 15.8. The molecule has 0 amide bonds. The van der Waals surface area contributed by atoms with E-state index in [0.29, 0.717) is 46.5 Å². The van der Waals surface area contributed by atoms with E-state index in [4.69, 9.17) is 18.7 Å². The van der Waals surface area contributed by atoms with Gasteiger partial charge in [-0.05, 0) is 63.2 Å². The van der Waals surface area contributed by atoms with E-state index in [2.05, 4.69) is 16.2 Å². The van der Waals surface area contributed by atoms with Crippen LogP contribution in [0.2, 0.25) is 0 Å². The third-order valence-corrected chi connectivity index (χ3v) is 3.91. The molecule has 154 valence electrons. The van der Waals surface area contributed by atoms with Gasteiger partial charge in [-0.15, -0.1) is 0 Å².